The zero-order chi connectivity index (χ0) is 19.5. The molecule has 0 radical (unpaired) electrons. The van der Waals surface area contributed by atoms with E-state index in [2.05, 4.69) is 5.32 Å². The number of benzene rings is 2. The average molecular weight is 397 g/mol. The quantitative estimate of drug-likeness (QED) is 0.753. The molecule has 0 atom stereocenters. The summed E-state index contributed by atoms with van der Waals surface area (Å²) in [6.07, 6.45) is 0. The van der Waals surface area contributed by atoms with Gasteiger partial charge in [0.05, 0.1) is 15.5 Å². The van der Waals surface area contributed by atoms with E-state index in [4.69, 9.17) is 21.5 Å². The second-order valence-corrected chi connectivity index (χ2v) is 7.66. The van der Waals surface area contributed by atoms with Gasteiger partial charge in [-0.2, -0.15) is 0 Å². The highest BCUT2D eigenvalue weighted by Gasteiger charge is 2.18. The van der Waals surface area contributed by atoms with E-state index in [9.17, 15) is 18.0 Å². The highest BCUT2D eigenvalue weighted by Crippen LogP contribution is 2.21. The van der Waals surface area contributed by atoms with Crippen molar-refractivity contribution in [2.24, 2.45) is 5.14 Å². The minimum Gasteiger partial charge on any atom is -0.452 e. The molecule has 0 spiro atoms. The number of amides is 1. The van der Waals surface area contributed by atoms with Gasteiger partial charge >= 0.3 is 5.97 Å². The molecule has 26 heavy (non-hydrogen) atoms. The van der Waals surface area contributed by atoms with Crippen molar-refractivity contribution in [3.63, 3.8) is 0 Å². The number of hydrogen-bond acceptors (Lipinski definition) is 5. The summed E-state index contributed by atoms with van der Waals surface area (Å²) < 4.78 is 27.6. The van der Waals surface area contributed by atoms with Gasteiger partial charge in [-0.3, -0.25) is 4.79 Å². The lowest BCUT2D eigenvalue weighted by Gasteiger charge is -2.09. The zero-order valence-corrected chi connectivity index (χ0v) is 15.6. The van der Waals surface area contributed by atoms with Crippen LogP contribution in [-0.4, -0.2) is 26.9 Å². The molecule has 0 aliphatic rings. The lowest BCUT2D eigenvalue weighted by molar-refractivity contribution is -0.119. The summed E-state index contributed by atoms with van der Waals surface area (Å²) in [4.78, 5) is 23.7. The van der Waals surface area contributed by atoms with E-state index in [1.54, 1.807) is 12.1 Å². The molecule has 0 fully saturated rings. The Bertz CT molecular complexity index is 953. The fourth-order valence-corrected chi connectivity index (χ4v) is 3.03. The molecule has 1 amide bonds. The molecule has 0 heterocycles. The molecule has 0 saturated carbocycles. The third-order valence-corrected chi connectivity index (χ3v) is 4.57. The van der Waals surface area contributed by atoms with Crippen molar-refractivity contribution in [1.82, 2.24) is 0 Å². The van der Waals surface area contributed by atoms with Crippen LogP contribution < -0.4 is 10.5 Å². The van der Waals surface area contributed by atoms with Gasteiger partial charge in [0.25, 0.3) is 5.91 Å². The fourth-order valence-electron chi connectivity index (χ4n) is 2.29. The molecule has 2 rings (SSSR count). The molecule has 7 nitrogen and oxygen atoms in total. The van der Waals surface area contributed by atoms with Crippen LogP contribution in [0.25, 0.3) is 0 Å². The first-order valence-corrected chi connectivity index (χ1v) is 9.36. The second kappa shape index (κ2) is 7.86. The summed E-state index contributed by atoms with van der Waals surface area (Å²) in [7, 11) is -4.00. The summed E-state index contributed by atoms with van der Waals surface area (Å²) in [5, 5.41) is 7.62. The Balaban J connectivity index is 2.05. The largest absolute Gasteiger partial charge is 0.452 e. The number of carbonyl (C=O) groups is 2. The van der Waals surface area contributed by atoms with E-state index in [1.807, 2.05) is 19.9 Å². The molecule has 0 unspecified atom stereocenters. The number of anilines is 1. The van der Waals surface area contributed by atoms with Crippen LogP contribution in [0.4, 0.5) is 5.69 Å². The smallest absolute Gasteiger partial charge is 0.340 e. The molecular weight excluding hydrogens is 380 g/mol. The molecule has 3 N–H and O–H groups in total. The summed E-state index contributed by atoms with van der Waals surface area (Å²) in [6.45, 7) is 3.23. The Morgan fingerprint density at radius 3 is 2.31 bits per heavy atom. The maximum atomic E-state index is 12.1. The van der Waals surface area contributed by atoms with Crippen molar-refractivity contribution in [3.8, 4) is 0 Å². The lowest BCUT2D eigenvalue weighted by Crippen LogP contribution is -2.21. The minimum absolute atomic E-state index is 0.0166. The predicted octanol–water partition coefficient (Wildman–Crippen LogP) is 2.40. The molecule has 0 saturated heterocycles. The molecule has 9 heteroatoms. The fraction of sp³-hybridized carbons (Fsp3) is 0.176. The summed E-state index contributed by atoms with van der Waals surface area (Å²) in [6, 6.07) is 8.89. The molecule has 0 aliphatic heterocycles. The number of sulfonamides is 1. The first-order chi connectivity index (χ1) is 12.1. The van der Waals surface area contributed by atoms with Gasteiger partial charge in [-0.25, -0.2) is 18.4 Å². The Hall–Kier alpha value is -2.42. The minimum atomic E-state index is -4.00. The summed E-state index contributed by atoms with van der Waals surface area (Å²) in [5.41, 5.74) is 2.34. The molecule has 0 aliphatic carbocycles. The summed E-state index contributed by atoms with van der Waals surface area (Å²) in [5.74, 6) is -1.47. The third kappa shape index (κ3) is 5.29. The van der Waals surface area contributed by atoms with Crippen molar-refractivity contribution in [1.29, 1.82) is 0 Å². The number of nitrogens with one attached hydrogen (secondary N) is 1. The van der Waals surface area contributed by atoms with Gasteiger partial charge in [0.1, 0.15) is 0 Å². The van der Waals surface area contributed by atoms with E-state index in [-0.39, 0.29) is 15.5 Å². The maximum Gasteiger partial charge on any atom is 0.340 e. The number of ether oxygens (including phenoxy) is 1. The van der Waals surface area contributed by atoms with E-state index in [1.165, 1.54) is 12.1 Å². The van der Waals surface area contributed by atoms with Crippen LogP contribution in [-0.2, 0) is 19.6 Å². The molecule has 0 aromatic heterocycles. The molecule has 2 aromatic carbocycles. The van der Waals surface area contributed by atoms with Gasteiger partial charge in [-0.05, 0) is 55.3 Å². The zero-order valence-electron chi connectivity index (χ0n) is 14.1. The number of rotatable bonds is 5. The first-order valence-electron chi connectivity index (χ1n) is 7.44. The molecule has 2 aromatic rings. The van der Waals surface area contributed by atoms with Crippen LogP contribution in [0.2, 0.25) is 5.02 Å². The van der Waals surface area contributed by atoms with Gasteiger partial charge in [-0.1, -0.05) is 17.7 Å². The molecule has 0 bridgehead atoms. The topological polar surface area (TPSA) is 116 Å². The van der Waals surface area contributed by atoms with Crippen LogP contribution in [0.15, 0.2) is 41.3 Å². The Morgan fingerprint density at radius 2 is 1.73 bits per heavy atom. The average Bonchev–Trinajstić information content (AvgIpc) is 2.51. The van der Waals surface area contributed by atoms with Crippen molar-refractivity contribution < 1.29 is 22.7 Å². The van der Waals surface area contributed by atoms with Crippen molar-refractivity contribution in [2.75, 3.05) is 11.9 Å². The first kappa shape index (κ1) is 19.9. The van der Waals surface area contributed by atoms with Crippen LogP contribution in [0.1, 0.15) is 21.5 Å². The number of esters is 1. The third-order valence-electron chi connectivity index (χ3n) is 3.33. The predicted molar refractivity (Wildman–Crippen MR) is 97.7 cm³/mol. The van der Waals surface area contributed by atoms with Crippen LogP contribution in [0, 0.1) is 13.8 Å². The number of hydrogen-bond donors (Lipinski definition) is 2. The second-order valence-electron chi connectivity index (χ2n) is 5.69. The van der Waals surface area contributed by atoms with Crippen molar-refractivity contribution >= 4 is 39.2 Å². The van der Waals surface area contributed by atoms with E-state index < -0.39 is 28.5 Å². The Labute approximate surface area is 156 Å². The van der Waals surface area contributed by atoms with E-state index >= 15 is 0 Å². The number of halogens is 1. The van der Waals surface area contributed by atoms with E-state index in [0.29, 0.717) is 5.69 Å². The van der Waals surface area contributed by atoms with E-state index in [0.717, 1.165) is 17.2 Å². The number of nitrogens with two attached hydrogens (primary N) is 1. The van der Waals surface area contributed by atoms with Crippen LogP contribution in [0.5, 0.6) is 0 Å². The normalized spacial score (nSPS) is 11.1. The highest BCUT2D eigenvalue weighted by atomic mass is 35.5. The van der Waals surface area contributed by atoms with Crippen LogP contribution >= 0.6 is 11.6 Å². The SMILES string of the molecule is Cc1cc(C)cc(NC(=O)COC(=O)c2cc(S(N)(=O)=O)ccc2Cl)c1. The number of aryl methyl sites for hydroxylation is 2. The standard InChI is InChI=1S/C17H17ClN2O5S/c1-10-5-11(2)7-12(6-10)20-16(21)9-25-17(22)14-8-13(26(19,23)24)3-4-15(14)18/h3-8H,9H2,1-2H3,(H,20,21)(H2,19,23,24). The van der Waals surface area contributed by atoms with Crippen LogP contribution in [0.3, 0.4) is 0 Å². The number of primary sulfonamides is 1. The molecular formula is C17H17ClN2O5S. The Morgan fingerprint density at radius 1 is 1.12 bits per heavy atom. The summed E-state index contributed by atoms with van der Waals surface area (Å²) >= 11 is 5.88. The maximum absolute atomic E-state index is 12.1. The Kier molecular flexibility index (Phi) is 6.01. The van der Waals surface area contributed by atoms with Gasteiger partial charge in [0.2, 0.25) is 10.0 Å². The monoisotopic (exact) mass is 396 g/mol. The lowest BCUT2D eigenvalue weighted by atomic mass is 10.1. The van der Waals surface area contributed by atoms with Gasteiger partial charge in [0.15, 0.2) is 6.61 Å². The van der Waals surface area contributed by atoms with Crippen molar-refractivity contribution in [3.05, 3.63) is 58.1 Å². The molecule has 138 valence electrons. The van der Waals surface area contributed by atoms with Crippen molar-refractivity contribution in [2.45, 2.75) is 18.7 Å². The number of carbonyl (C=O) groups excluding carboxylic acids is 2. The highest BCUT2D eigenvalue weighted by molar-refractivity contribution is 7.89. The van der Waals surface area contributed by atoms with Gasteiger partial charge < -0.3 is 10.1 Å². The van der Waals surface area contributed by atoms with Gasteiger partial charge in [0, 0.05) is 5.69 Å². The van der Waals surface area contributed by atoms with Gasteiger partial charge in [-0.15, -0.1) is 0 Å².